The van der Waals surface area contributed by atoms with Gasteiger partial charge in [-0.25, -0.2) is 9.97 Å². The average molecular weight is 382 g/mol. The molecule has 0 aliphatic rings. The predicted octanol–water partition coefficient (Wildman–Crippen LogP) is 3.70. The van der Waals surface area contributed by atoms with Crippen molar-refractivity contribution in [2.24, 2.45) is 0 Å². The number of rotatable bonds is 4. The van der Waals surface area contributed by atoms with Crippen molar-refractivity contribution >= 4 is 23.3 Å². The van der Waals surface area contributed by atoms with E-state index in [2.05, 4.69) is 20.8 Å². The number of amides is 1. The molecule has 3 aromatic rings. The smallest absolute Gasteiger partial charge is 0.295 e. The van der Waals surface area contributed by atoms with Gasteiger partial charge in [0.2, 0.25) is 0 Å². The summed E-state index contributed by atoms with van der Waals surface area (Å²) >= 11 is 5.94. The van der Waals surface area contributed by atoms with Gasteiger partial charge in [0.15, 0.2) is 5.82 Å². The van der Waals surface area contributed by atoms with E-state index in [4.69, 9.17) is 11.6 Å². The summed E-state index contributed by atoms with van der Waals surface area (Å²) in [6.45, 7) is 0. The van der Waals surface area contributed by atoms with Crippen LogP contribution in [0.5, 0.6) is 0 Å². The van der Waals surface area contributed by atoms with E-state index in [0.717, 1.165) is 6.07 Å². The minimum Gasteiger partial charge on any atom is -0.295 e. The first-order valence-electron chi connectivity index (χ1n) is 7.24. The van der Waals surface area contributed by atoms with Crippen LogP contribution in [0.3, 0.4) is 0 Å². The maximum absolute atomic E-state index is 12.7. The molecule has 0 fully saturated rings. The summed E-state index contributed by atoms with van der Waals surface area (Å²) in [7, 11) is 0. The van der Waals surface area contributed by atoms with Gasteiger partial charge in [-0.05, 0) is 30.3 Å². The SMILES string of the molecule is O=C(NNc1ccccn1)c1cccn1-c1ncc(C(F)(F)F)cc1Cl. The first kappa shape index (κ1) is 17.7. The molecule has 0 saturated heterocycles. The molecule has 3 aromatic heterocycles. The number of halogens is 4. The second-order valence-corrected chi connectivity index (χ2v) is 5.49. The highest BCUT2D eigenvalue weighted by Gasteiger charge is 2.32. The first-order chi connectivity index (χ1) is 12.4. The molecule has 1 amide bonds. The highest BCUT2D eigenvalue weighted by molar-refractivity contribution is 6.32. The third-order valence-corrected chi connectivity index (χ3v) is 3.61. The maximum Gasteiger partial charge on any atom is 0.417 e. The fraction of sp³-hybridized carbons (Fsp3) is 0.0625. The fourth-order valence-corrected chi connectivity index (χ4v) is 2.39. The van der Waals surface area contributed by atoms with Crippen molar-refractivity contribution in [2.75, 3.05) is 5.43 Å². The van der Waals surface area contributed by atoms with Crippen LogP contribution in [0.2, 0.25) is 5.02 Å². The standard InChI is InChI=1S/C16H11ClF3N5O/c17-11-8-10(16(18,19)20)9-22-14(11)25-7-3-4-12(25)15(26)24-23-13-5-1-2-6-21-13/h1-9H,(H,21,23)(H,24,26). The number of hydrazine groups is 1. The molecule has 134 valence electrons. The predicted molar refractivity (Wildman–Crippen MR) is 88.9 cm³/mol. The first-order valence-corrected chi connectivity index (χ1v) is 7.62. The number of carbonyl (C=O) groups excluding carboxylic acids is 1. The van der Waals surface area contributed by atoms with E-state index >= 15 is 0 Å². The van der Waals surface area contributed by atoms with Crippen LogP contribution < -0.4 is 10.9 Å². The number of carbonyl (C=O) groups is 1. The van der Waals surface area contributed by atoms with Crippen molar-refractivity contribution in [1.29, 1.82) is 0 Å². The van der Waals surface area contributed by atoms with Gasteiger partial charge in [-0.15, -0.1) is 0 Å². The van der Waals surface area contributed by atoms with Crippen molar-refractivity contribution in [3.05, 3.63) is 71.3 Å². The molecule has 0 saturated carbocycles. The van der Waals surface area contributed by atoms with Gasteiger partial charge < -0.3 is 0 Å². The lowest BCUT2D eigenvalue weighted by molar-refractivity contribution is -0.137. The van der Waals surface area contributed by atoms with Crippen LogP contribution in [0.25, 0.3) is 5.82 Å². The number of nitrogens with zero attached hydrogens (tertiary/aromatic N) is 3. The molecule has 6 nitrogen and oxygen atoms in total. The highest BCUT2D eigenvalue weighted by atomic mass is 35.5. The van der Waals surface area contributed by atoms with E-state index in [-0.39, 0.29) is 16.5 Å². The lowest BCUT2D eigenvalue weighted by Crippen LogP contribution is -2.31. The molecule has 0 radical (unpaired) electrons. The molecule has 2 N–H and O–H groups in total. The minimum absolute atomic E-state index is 0.00709. The summed E-state index contributed by atoms with van der Waals surface area (Å²) in [6, 6.07) is 8.88. The van der Waals surface area contributed by atoms with Crippen molar-refractivity contribution < 1.29 is 18.0 Å². The topological polar surface area (TPSA) is 71.8 Å². The van der Waals surface area contributed by atoms with Crippen molar-refractivity contribution in [3.63, 3.8) is 0 Å². The van der Waals surface area contributed by atoms with E-state index in [1.807, 2.05) is 0 Å². The Hall–Kier alpha value is -3.07. The normalized spacial score (nSPS) is 11.2. The highest BCUT2D eigenvalue weighted by Crippen LogP contribution is 2.32. The molecule has 0 unspecified atom stereocenters. The van der Waals surface area contributed by atoms with Gasteiger partial charge in [0.1, 0.15) is 11.5 Å². The van der Waals surface area contributed by atoms with Gasteiger partial charge in [-0.3, -0.25) is 20.2 Å². The van der Waals surface area contributed by atoms with Gasteiger partial charge in [0, 0.05) is 18.6 Å². The summed E-state index contributed by atoms with van der Waals surface area (Å²) in [5.41, 5.74) is 4.23. The molecule has 26 heavy (non-hydrogen) atoms. The molecule has 0 aromatic carbocycles. The lowest BCUT2D eigenvalue weighted by atomic mass is 10.2. The van der Waals surface area contributed by atoms with Crippen LogP contribution in [0.4, 0.5) is 19.0 Å². The zero-order chi connectivity index (χ0) is 18.7. The number of aromatic nitrogens is 3. The molecule has 0 aliphatic heterocycles. The van der Waals surface area contributed by atoms with Crippen LogP contribution >= 0.6 is 11.6 Å². The van der Waals surface area contributed by atoms with E-state index in [0.29, 0.717) is 12.0 Å². The van der Waals surface area contributed by atoms with Crippen LogP contribution in [-0.4, -0.2) is 20.4 Å². The molecule has 3 heterocycles. The summed E-state index contributed by atoms with van der Waals surface area (Å²) in [6.07, 6.45) is -0.881. The molecule has 10 heteroatoms. The number of hydrogen-bond acceptors (Lipinski definition) is 4. The Balaban J connectivity index is 1.83. The molecule has 0 spiro atoms. The summed E-state index contributed by atoms with van der Waals surface area (Å²) in [4.78, 5) is 20.1. The van der Waals surface area contributed by atoms with Gasteiger partial charge in [0.05, 0.1) is 10.6 Å². The summed E-state index contributed by atoms with van der Waals surface area (Å²) in [5, 5.41) is -0.234. The van der Waals surface area contributed by atoms with Gasteiger partial charge in [-0.2, -0.15) is 13.2 Å². The summed E-state index contributed by atoms with van der Waals surface area (Å²) in [5.74, 6) is -0.115. The van der Waals surface area contributed by atoms with Crippen LogP contribution in [0.15, 0.2) is 55.0 Å². The average Bonchev–Trinajstić information content (AvgIpc) is 3.09. The minimum atomic E-state index is -4.56. The Kier molecular flexibility index (Phi) is 4.81. The fourth-order valence-electron chi connectivity index (χ4n) is 2.14. The Bertz CT molecular complexity index is 927. The van der Waals surface area contributed by atoms with Crippen LogP contribution in [0, 0.1) is 0 Å². The Morgan fingerprint density at radius 1 is 1.15 bits per heavy atom. The third kappa shape index (κ3) is 3.77. The molecule has 0 bridgehead atoms. The van der Waals surface area contributed by atoms with Gasteiger partial charge in [0.25, 0.3) is 5.91 Å². The van der Waals surface area contributed by atoms with Gasteiger partial charge >= 0.3 is 6.18 Å². The number of pyridine rings is 2. The quantitative estimate of drug-likeness (QED) is 0.676. The molecule has 3 rings (SSSR count). The molecule has 0 aliphatic carbocycles. The Labute approximate surface area is 150 Å². The molecule has 0 atom stereocenters. The van der Waals surface area contributed by atoms with E-state index in [1.54, 1.807) is 30.5 Å². The lowest BCUT2D eigenvalue weighted by Gasteiger charge is -2.13. The molecular weight excluding hydrogens is 371 g/mol. The second-order valence-electron chi connectivity index (χ2n) is 5.08. The number of alkyl halides is 3. The number of hydrogen-bond donors (Lipinski definition) is 2. The van der Waals surface area contributed by atoms with Crippen LogP contribution in [-0.2, 0) is 6.18 Å². The van der Waals surface area contributed by atoms with Crippen molar-refractivity contribution in [2.45, 2.75) is 6.18 Å². The van der Waals surface area contributed by atoms with E-state index in [9.17, 15) is 18.0 Å². The number of anilines is 1. The Morgan fingerprint density at radius 2 is 1.96 bits per heavy atom. The number of nitrogens with one attached hydrogen (secondary N) is 2. The van der Waals surface area contributed by atoms with Gasteiger partial charge in [-0.1, -0.05) is 17.7 Å². The van der Waals surface area contributed by atoms with E-state index < -0.39 is 17.6 Å². The third-order valence-electron chi connectivity index (χ3n) is 3.33. The van der Waals surface area contributed by atoms with Crippen molar-refractivity contribution in [3.8, 4) is 5.82 Å². The maximum atomic E-state index is 12.7. The summed E-state index contributed by atoms with van der Waals surface area (Å²) < 4.78 is 39.5. The monoisotopic (exact) mass is 381 g/mol. The largest absolute Gasteiger partial charge is 0.417 e. The zero-order valence-corrected chi connectivity index (χ0v) is 13.7. The van der Waals surface area contributed by atoms with Crippen LogP contribution in [0.1, 0.15) is 16.1 Å². The Morgan fingerprint density at radius 3 is 2.62 bits per heavy atom. The second kappa shape index (κ2) is 7.04. The zero-order valence-electron chi connectivity index (χ0n) is 13.0. The molecular formula is C16H11ClF3N5O. The van der Waals surface area contributed by atoms with E-state index in [1.165, 1.54) is 16.8 Å². The van der Waals surface area contributed by atoms with Crippen molar-refractivity contribution in [1.82, 2.24) is 20.0 Å².